The molecule has 0 bridgehead atoms. The van der Waals surface area contributed by atoms with Crippen LogP contribution in [-0.2, 0) is 4.79 Å². The van der Waals surface area contributed by atoms with Gasteiger partial charge in [-0.3, -0.25) is 9.59 Å². The Bertz CT molecular complexity index is 928. The van der Waals surface area contributed by atoms with Gasteiger partial charge in [0.2, 0.25) is 0 Å². The smallest absolute Gasteiger partial charge is 0.267 e. The number of rotatable bonds is 7. The Balaban J connectivity index is 1.78. The molecule has 2 amide bonds. The van der Waals surface area contributed by atoms with E-state index < -0.39 is 0 Å². The fourth-order valence-corrected chi connectivity index (χ4v) is 3.18. The van der Waals surface area contributed by atoms with Crippen LogP contribution in [0, 0.1) is 6.92 Å². The number of H-pyrrole nitrogens is 1. The van der Waals surface area contributed by atoms with Gasteiger partial charge in [0.15, 0.2) is 0 Å². The van der Waals surface area contributed by atoms with Gasteiger partial charge in [0.1, 0.15) is 11.4 Å². The molecule has 28 heavy (non-hydrogen) atoms. The molecule has 3 rings (SSSR count). The minimum Gasteiger partial charge on any atom is -0.497 e. The molecule has 1 aromatic heterocycles. The maximum atomic E-state index is 12.4. The third kappa shape index (κ3) is 4.26. The largest absolute Gasteiger partial charge is 0.497 e. The lowest BCUT2D eigenvalue weighted by molar-refractivity contribution is -0.110. The number of anilines is 1. The Morgan fingerprint density at radius 2 is 2.07 bits per heavy atom. The van der Waals surface area contributed by atoms with Gasteiger partial charge in [0.25, 0.3) is 11.8 Å². The number of aryl methyl sites for hydroxylation is 1. The SMILES string of the molecule is COc1ccc2c(c1)C(=Cc1cc(C)c(C(=O)NCCCN(C)C)[nH]1)C(=O)N2. The number of nitrogens with one attached hydrogen (secondary N) is 3. The van der Waals surface area contributed by atoms with Crippen molar-refractivity contribution < 1.29 is 14.3 Å². The molecule has 0 atom stereocenters. The molecule has 2 heterocycles. The third-order valence-corrected chi connectivity index (χ3v) is 4.64. The van der Waals surface area contributed by atoms with E-state index in [9.17, 15) is 9.59 Å². The van der Waals surface area contributed by atoms with Gasteiger partial charge in [-0.1, -0.05) is 0 Å². The summed E-state index contributed by atoms with van der Waals surface area (Å²) in [6, 6.07) is 7.32. The number of carbonyl (C=O) groups is 2. The molecule has 0 radical (unpaired) electrons. The van der Waals surface area contributed by atoms with E-state index in [1.54, 1.807) is 19.3 Å². The van der Waals surface area contributed by atoms with Gasteiger partial charge in [-0.05, 0) is 69.9 Å². The predicted molar refractivity (Wildman–Crippen MR) is 111 cm³/mol. The summed E-state index contributed by atoms with van der Waals surface area (Å²) in [5.41, 5.74) is 4.12. The highest BCUT2D eigenvalue weighted by molar-refractivity contribution is 6.34. The first-order valence-corrected chi connectivity index (χ1v) is 9.23. The third-order valence-electron chi connectivity index (χ3n) is 4.64. The number of amides is 2. The number of benzene rings is 1. The van der Waals surface area contributed by atoms with Crippen molar-refractivity contribution >= 4 is 29.2 Å². The second-order valence-corrected chi connectivity index (χ2v) is 7.12. The van der Waals surface area contributed by atoms with Crippen LogP contribution < -0.4 is 15.4 Å². The van der Waals surface area contributed by atoms with Crippen molar-refractivity contribution in [3.05, 3.63) is 46.8 Å². The number of ether oxygens (including phenoxy) is 1. The van der Waals surface area contributed by atoms with Crippen molar-refractivity contribution in [2.75, 3.05) is 39.6 Å². The number of nitrogens with zero attached hydrogens (tertiary/aromatic N) is 1. The van der Waals surface area contributed by atoms with Crippen LogP contribution in [0.3, 0.4) is 0 Å². The standard InChI is InChI=1S/C21H26N4O3/c1-13-10-14(23-19(13)21(27)22-8-5-9-25(2)3)11-17-16-12-15(28-4)6-7-18(16)24-20(17)26/h6-7,10-12,23H,5,8-9H2,1-4H3,(H,22,27)(H,24,26). The van der Waals surface area contributed by atoms with E-state index in [1.807, 2.05) is 39.2 Å². The monoisotopic (exact) mass is 382 g/mol. The average molecular weight is 382 g/mol. The number of methoxy groups -OCH3 is 1. The molecule has 2 aromatic rings. The van der Waals surface area contributed by atoms with Gasteiger partial charge in [0, 0.05) is 23.5 Å². The summed E-state index contributed by atoms with van der Waals surface area (Å²) in [5, 5.41) is 5.77. The molecule has 1 aliphatic rings. The number of hydrogen-bond donors (Lipinski definition) is 3. The molecule has 0 saturated heterocycles. The van der Waals surface area contributed by atoms with Crippen LogP contribution >= 0.6 is 0 Å². The lowest BCUT2D eigenvalue weighted by Crippen LogP contribution is -2.27. The van der Waals surface area contributed by atoms with Crippen LogP contribution in [-0.4, -0.2) is 56.0 Å². The number of fused-ring (bicyclic) bond motifs is 1. The van der Waals surface area contributed by atoms with E-state index >= 15 is 0 Å². The minimum atomic E-state index is -0.176. The van der Waals surface area contributed by atoms with Gasteiger partial charge >= 0.3 is 0 Å². The van der Waals surface area contributed by atoms with E-state index in [0.717, 1.165) is 29.8 Å². The Morgan fingerprint density at radius 3 is 2.79 bits per heavy atom. The zero-order chi connectivity index (χ0) is 20.3. The number of carbonyl (C=O) groups excluding carboxylic acids is 2. The summed E-state index contributed by atoms with van der Waals surface area (Å²) in [6.07, 6.45) is 2.64. The van der Waals surface area contributed by atoms with Crippen LogP contribution in [0.2, 0.25) is 0 Å². The quantitative estimate of drug-likeness (QED) is 0.507. The number of hydrogen-bond acceptors (Lipinski definition) is 4. The normalized spacial score (nSPS) is 14.3. The molecule has 1 aliphatic heterocycles. The average Bonchev–Trinajstić information content (AvgIpc) is 3.18. The Kier molecular flexibility index (Phi) is 5.84. The fourth-order valence-electron chi connectivity index (χ4n) is 3.18. The maximum absolute atomic E-state index is 12.4. The first-order chi connectivity index (χ1) is 13.4. The van der Waals surface area contributed by atoms with Gasteiger partial charge in [-0.2, -0.15) is 0 Å². The van der Waals surface area contributed by atoms with E-state index in [1.165, 1.54) is 0 Å². The molecule has 7 nitrogen and oxygen atoms in total. The summed E-state index contributed by atoms with van der Waals surface area (Å²) in [5.74, 6) is 0.366. The second-order valence-electron chi connectivity index (χ2n) is 7.12. The summed E-state index contributed by atoms with van der Waals surface area (Å²) < 4.78 is 5.26. The summed E-state index contributed by atoms with van der Waals surface area (Å²) in [7, 11) is 5.60. The van der Waals surface area contributed by atoms with Crippen molar-refractivity contribution in [2.45, 2.75) is 13.3 Å². The van der Waals surface area contributed by atoms with Crippen LogP contribution in [0.5, 0.6) is 5.75 Å². The zero-order valence-electron chi connectivity index (χ0n) is 16.7. The van der Waals surface area contributed by atoms with Crippen molar-refractivity contribution in [2.24, 2.45) is 0 Å². The molecule has 1 aromatic carbocycles. The molecule has 3 N–H and O–H groups in total. The fraction of sp³-hybridized carbons (Fsp3) is 0.333. The van der Waals surface area contributed by atoms with Crippen LogP contribution in [0.25, 0.3) is 11.6 Å². The zero-order valence-corrected chi connectivity index (χ0v) is 16.7. The van der Waals surface area contributed by atoms with Crippen LogP contribution in [0.15, 0.2) is 24.3 Å². The highest BCUT2D eigenvalue weighted by atomic mass is 16.5. The van der Waals surface area contributed by atoms with Gasteiger partial charge < -0.3 is 25.3 Å². The molecule has 148 valence electrons. The molecule has 0 spiro atoms. The highest BCUT2D eigenvalue weighted by Crippen LogP contribution is 2.35. The summed E-state index contributed by atoms with van der Waals surface area (Å²) in [4.78, 5) is 30.0. The Morgan fingerprint density at radius 1 is 1.29 bits per heavy atom. The molecule has 0 fully saturated rings. The van der Waals surface area contributed by atoms with E-state index in [0.29, 0.717) is 29.3 Å². The number of aromatic amines is 1. The second kappa shape index (κ2) is 8.31. The lowest BCUT2D eigenvalue weighted by Gasteiger charge is -2.09. The van der Waals surface area contributed by atoms with Gasteiger partial charge in [-0.25, -0.2) is 0 Å². The topological polar surface area (TPSA) is 86.5 Å². The maximum Gasteiger partial charge on any atom is 0.267 e. The Labute approximate surface area is 164 Å². The molecular weight excluding hydrogens is 356 g/mol. The molecule has 7 heteroatoms. The molecular formula is C21H26N4O3. The van der Waals surface area contributed by atoms with Gasteiger partial charge in [0.05, 0.1) is 12.7 Å². The predicted octanol–water partition coefficient (Wildman–Crippen LogP) is 2.51. The number of aromatic nitrogens is 1. The lowest BCUT2D eigenvalue weighted by atomic mass is 10.1. The van der Waals surface area contributed by atoms with Crippen molar-refractivity contribution in [1.82, 2.24) is 15.2 Å². The molecule has 0 saturated carbocycles. The van der Waals surface area contributed by atoms with Crippen molar-refractivity contribution in [3.63, 3.8) is 0 Å². The van der Waals surface area contributed by atoms with E-state index in [2.05, 4.69) is 20.5 Å². The first kappa shape index (κ1) is 19.7. The summed E-state index contributed by atoms with van der Waals surface area (Å²) in [6.45, 7) is 3.40. The first-order valence-electron chi connectivity index (χ1n) is 9.23. The van der Waals surface area contributed by atoms with Crippen molar-refractivity contribution in [3.8, 4) is 5.75 Å². The molecule has 0 aliphatic carbocycles. The summed E-state index contributed by atoms with van der Waals surface area (Å²) >= 11 is 0. The van der Waals surface area contributed by atoms with Crippen molar-refractivity contribution in [1.29, 1.82) is 0 Å². The Hall–Kier alpha value is -3.06. The van der Waals surface area contributed by atoms with Crippen LogP contribution in [0.4, 0.5) is 5.69 Å². The minimum absolute atomic E-state index is 0.140. The van der Waals surface area contributed by atoms with E-state index in [-0.39, 0.29) is 11.8 Å². The van der Waals surface area contributed by atoms with Gasteiger partial charge in [-0.15, -0.1) is 0 Å². The van der Waals surface area contributed by atoms with Crippen LogP contribution in [0.1, 0.15) is 33.7 Å². The van der Waals surface area contributed by atoms with E-state index in [4.69, 9.17) is 4.74 Å². The highest BCUT2D eigenvalue weighted by Gasteiger charge is 2.25. The molecule has 0 unspecified atom stereocenters.